The third kappa shape index (κ3) is 2.31. The topological polar surface area (TPSA) is 51.8 Å². The van der Waals surface area contributed by atoms with E-state index in [0.29, 0.717) is 17.0 Å². The zero-order chi connectivity index (χ0) is 13.3. The van der Waals surface area contributed by atoms with E-state index in [2.05, 4.69) is 15.4 Å². The first kappa shape index (κ1) is 12.8. The molecule has 0 spiro atoms. The Kier molecular flexibility index (Phi) is 3.25. The number of rotatable bonds is 2. The number of hydrogen-bond acceptors (Lipinski definition) is 4. The molecule has 0 saturated carbocycles. The highest BCUT2D eigenvalue weighted by atomic mass is 35.5. The van der Waals surface area contributed by atoms with Crippen molar-refractivity contribution in [2.24, 2.45) is 0 Å². The van der Waals surface area contributed by atoms with Crippen molar-refractivity contribution < 1.29 is 17.7 Å². The molecular formula is C10H7ClF3N3O. The summed E-state index contributed by atoms with van der Waals surface area (Å²) < 4.78 is 41.9. The van der Waals surface area contributed by atoms with Gasteiger partial charge in [0.2, 0.25) is 0 Å². The van der Waals surface area contributed by atoms with Crippen molar-refractivity contribution in [1.82, 2.24) is 15.4 Å². The number of nitrogens with zero attached hydrogens (tertiary/aromatic N) is 3. The average molecular weight is 278 g/mol. The Morgan fingerprint density at radius 2 is 2.00 bits per heavy atom. The molecule has 0 fully saturated rings. The summed E-state index contributed by atoms with van der Waals surface area (Å²) in [5.74, 6) is 0.634. The van der Waals surface area contributed by atoms with E-state index < -0.39 is 11.9 Å². The van der Waals surface area contributed by atoms with Crippen LogP contribution in [-0.4, -0.2) is 15.4 Å². The number of aryl methyl sites for hydroxylation is 1. The molecule has 0 amide bonds. The second-order valence-electron chi connectivity index (χ2n) is 3.50. The minimum Gasteiger partial charge on any atom is -0.361 e. The van der Waals surface area contributed by atoms with Crippen LogP contribution in [0.25, 0.3) is 11.4 Å². The Morgan fingerprint density at radius 3 is 2.50 bits per heavy atom. The Balaban J connectivity index is 2.40. The fraction of sp³-hybridized carbons (Fsp3) is 0.300. The first-order valence-electron chi connectivity index (χ1n) is 4.86. The van der Waals surface area contributed by atoms with Crippen LogP contribution < -0.4 is 0 Å². The van der Waals surface area contributed by atoms with Crippen molar-refractivity contribution >= 4 is 11.6 Å². The molecule has 2 aromatic heterocycles. The van der Waals surface area contributed by atoms with Gasteiger partial charge in [-0.25, -0.2) is 0 Å². The van der Waals surface area contributed by atoms with E-state index in [0.717, 1.165) is 6.07 Å². The summed E-state index contributed by atoms with van der Waals surface area (Å²) >= 11 is 5.70. The molecule has 0 saturated heterocycles. The SMILES string of the molecule is Cc1onc(-c2ccc(C(F)(F)F)nn2)c1CCl. The van der Waals surface area contributed by atoms with E-state index in [1.165, 1.54) is 6.07 Å². The molecule has 2 aromatic rings. The van der Waals surface area contributed by atoms with E-state index in [9.17, 15) is 13.2 Å². The fourth-order valence-electron chi connectivity index (χ4n) is 1.36. The van der Waals surface area contributed by atoms with Gasteiger partial charge < -0.3 is 4.52 Å². The molecule has 18 heavy (non-hydrogen) atoms. The first-order chi connectivity index (χ1) is 8.43. The lowest BCUT2D eigenvalue weighted by atomic mass is 10.1. The van der Waals surface area contributed by atoms with Gasteiger partial charge in [-0.2, -0.15) is 13.2 Å². The molecule has 4 nitrogen and oxygen atoms in total. The lowest BCUT2D eigenvalue weighted by molar-refractivity contribution is -0.141. The third-order valence-electron chi connectivity index (χ3n) is 2.32. The van der Waals surface area contributed by atoms with Gasteiger partial charge in [0.25, 0.3) is 0 Å². The van der Waals surface area contributed by atoms with Crippen molar-refractivity contribution in [3.05, 3.63) is 29.2 Å². The van der Waals surface area contributed by atoms with Crippen molar-refractivity contribution in [2.45, 2.75) is 19.0 Å². The number of halogens is 4. The number of alkyl halides is 4. The summed E-state index contributed by atoms with van der Waals surface area (Å²) in [5, 5.41) is 10.3. The summed E-state index contributed by atoms with van der Waals surface area (Å²) in [7, 11) is 0. The van der Waals surface area contributed by atoms with E-state index >= 15 is 0 Å². The standard InChI is InChI=1S/C10H7ClF3N3O/c1-5-6(4-11)9(17-18-5)7-2-3-8(16-15-7)10(12,13)14/h2-3H,4H2,1H3. The summed E-state index contributed by atoms with van der Waals surface area (Å²) in [6.07, 6.45) is -4.51. The van der Waals surface area contributed by atoms with Crippen LogP contribution in [0.4, 0.5) is 13.2 Å². The van der Waals surface area contributed by atoms with Crippen LogP contribution >= 0.6 is 11.6 Å². The van der Waals surface area contributed by atoms with Gasteiger partial charge in [-0.15, -0.1) is 21.8 Å². The molecule has 0 aliphatic carbocycles. The van der Waals surface area contributed by atoms with Gasteiger partial charge in [0.05, 0.1) is 5.88 Å². The summed E-state index contributed by atoms with van der Waals surface area (Å²) in [5.41, 5.74) is 0.0313. The van der Waals surface area contributed by atoms with Crippen molar-refractivity contribution in [1.29, 1.82) is 0 Å². The molecule has 0 atom stereocenters. The van der Waals surface area contributed by atoms with E-state index in [-0.39, 0.29) is 11.6 Å². The average Bonchev–Trinajstić information content (AvgIpc) is 2.69. The Hall–Kier alpha value is -1.63. The van der Waals surface area contributed by atoms with Crippen LogP contribution in [0.1, 0.15) is 17.0 Å². The Morgan fingerprint density at radius 1 is 1.28 bits per heavy atom. The highest BCUT2D eigenvalue weighted by Crippen LogP contribution is 2.29. The molecule has 0 aromatic carbocycles. The van der Waals surface area contributed by atoms with Gasteiger partial charge >= 0.3 is 6.18 Å². The molecule has 0 bridgehead atoms. The third-order valence-corrected chi connectivity index (χ3v) is 2.58. The van der Waals surface area contributed by atoms with Crippen LogP contribution in [0.15, 0.2) is 16.7 Å². The van der Waals surface area contributed by atoms with Crippen molar-refractivity contribution in [2.75, 3.05) is 0 Å². The van der Waals surface area contributed by atoms with Crippen LogP contribution in [0, 0.1) is 6.92 Å². The maximum Gasteiger partial charge on any atom is 0.435 e. The molecule has 8 heteroatoms. The van der Waals surface area contributed by atoms with E-state index in [4.69, 9.17) is 16.1 Å². The highest BCUT2D eigenvalue weighted by Gasteiger charge is 2.33. The van der Waals surface area contributed by atoms with E-state index in [1.54, 1.807) is 6.92 Å². The van der Waals surface area contributed by atoms with Gasteiger partial charge in [-0.3, -0.25) is 0 Å². The van der Waals surface area contributed by atoms with Gasteiger partial charge in [0.1, 0.15) is 17.1 Å². The molecule has 96 valence electrons. The minimum atomic E-state index is -4.51. The Labute approximate surface area is 105 Å². The zero-order valence-electron chi connectivity index (χ0n) is 9.12. The maximum atomic E-state index is 12.3. The molecule has 0 aliphatic rings. The molecule has 2 heterocycles. The monoisotopic (exact) mass is 277 g/mol. The number of hydrogen-bond donors (Lipinski definition) is 0. The van der Waals surface area contributed by atoms with Crippen LogP contribution in [0.5, 0.6) is 0 Å². The predicted molar refractivity (Wildman–Crippen MR) is 56.8 cm³/mol. The molecule has 0 unspecified atom stereocenters. The molecular weight excluding hydrogens is 271 g/mol. The summed E-state index contributed by atoms with van der Waals surface area (Å²) in [4.78, 5) is 0. The quantitative estimate of drug-likeness (QED) is 0.791. The summed E-state index contributed by atoms with van der Waals surface area (Å²) in [6.45, 7) is 1.66. The first-order valence-corrected chi connectivity index (χ1v) is 5.39. The van der Waals surface area contributed by atoms with Gasteiger partial charge in [0.15, 0.2) is 5.69 Å². The van der Waals surface area contributed by atoms with Crippen LogP contribution in [0.2, 0.25) is 0 Å². The molecule has 0 N–H and O–H groups in total. The minimum absolute atomic E-state index is 0.132. The lowest BCUT2D eigenvalue weighted by Crippen LogP contribution is -2.09. The number of aromatic nitrogens is 3. The Bertz CT molecular complexity index is 550. The smallest absolute Gasteiger partial charge is 0.361 e. The van der Waals surface area contributed by atoms with Gasteiger partial charge in [-0.05, 0) is 19.1 Å². The predicted octanol–water partition coefficient (Wildman–Crippen LogP) is 3.20. The van der Waals surface area contributed by atoms with Crippen LogP contribution in [-0.2, 0) is 12.1 Å². The molecule has 0 aliphatic heterocycles. The maximum absolute atomic E-state index is 12.3. The zero-order valence-corrected chi connectivity index (χ0v) is 9.88. The molecule has 2 rings (SSSR count). The van der Waals surface area contributed by atoms with Gasteiger partial charge in [0, 0.05) is 5.56 Å². The van der Waals surface area contributed by atoms with Crippen LogP contribution in [0.3, 0.4) is 0 Å². The summed E-state index contributed by atoms with van der Waals surface area (Å²) in [6, 6.07) is 2.02. The lowest BCUT2D eigenvalue weighted by Gasteiger charge is -2.04. The fourth-order valence-corrected chi connectivity index (χ4v) is 1.67. The largest absolute Gasteiger partial charge is 0.435 e. The highest BCUT2D eigenvalue weighted by molar-refractivity contribution is 6.17. The van der Waals surface area contributed by atoms with Crippen molar-refractivity contribution in [3.8, 4) is 11.4 Å². The second-order valence-corrected chi connectivity index (χ2v) is 3.77. The van der Waals surface area contributed by atoms with Crippen molar-refractivity contribution in [3.63, 3.8) is 0 Å². The van der Waals surface area contributed by atoms with Gasteiger partial charge in [-0.1, -0.05) is 5.16 Å². The molecule has 0 radical (unpaired) electrons. The van der Waals surface area contributed by atoms with E-state index in [1.807, 2.05) is 0 Å². The normalized spacial score (nSPS) is 11.8. The second kappa shape index (κ2) is 4.56.